The highest BCUT2D eigenvalue weighted by Gasteiger charge is 2.46. The molecule has 0 saturated heterocycles. The Morgan fingerprint density at radius 2 is 0.890 bits per heavy atom. The molecule has 73 heavy (non-hydrogen) atoms. The first-order valence-electron chi connectivity index (χ1n) is 25.0. The minimum Gasteiger partial charge on any atom is -0.456 e. The Bertz CT molecular complexity index is 4480. The molecule has 0 spiro atoms. The second kappa shape index (κ2) is 16.1. The number of nitrogens with zero attached hydrogens (tertiary/aromatic N) is 3. The first-order valence-corrected chi connectivity index (χ1v) is 27.5. The summed E-state index contributed by atoms with van der Waals surface area (Å²) in [6.45, 7) is 2.55. The Kier molecular flexibility index (Phi) is 9.13. The van der Waals surface area contributed by atoms with E-state index in [9.17, 15) is 0 Å². The molecule has 0 bridgehead atoms. The Labute approximate surface area is 422 Å². The highest BCUT2D eigenvalue weighted by atomic mass is 28.3. The van der Waals surface area contributed by atoms with Gasteiger partial charge in [0.15, 0.2) is 0 Å². The molecule has 5 nitrogen and oxygen atoms in total. The van der Waals surface area contributed by atoms with Gasteiger partial charge in [0.2, 0.25) is 0 Å². The van der Waals surface area contributed by atoms with Crippen molar-refractivity contribution in [1.82, 2.24) is 4.57 Å². The Morgan fingerprint density at radius 3 is 1.68 bits per heavy atom. The number of hydrogen-bond donors (Lipinski definition) is 0. The van der Waals surface area contributed by atoms with Gasteiger partial charge in [-0.3, -0.25) is 0 Å². The number of fused-ring (bicyclic) bond motifs is 12. The van der Waals surface area contributed by atoms with Crippen LogP contribution in [-0.4, -0.2) is 12.6 Å². The fraction of sp³-hybridized carbons (Fsp3) is 0.0149. The molecule has 15 rings (SSSR count). The molecular formula is C67H45N3O2Si. The maximum atomic E-state index is 6.62. The molecular weight excluding hydrogens is 907 g/mol. The first kappa shape index (κ1) is 41.4. The molecule has 0 radical (unpaired) electrons. The van der Waals surface area contributed by atoms with Crippen molar-refractivity contribution >= 4 is 123 Å². The van der Waals surface area contributed by atoms with Gasteiger partial charge in [-0.25, -0.2) is 0 Å². The summed E-state index contributed by atoms with van der Waals surface area (Å²) in [5.41, 5.74) is 16.0. The van der Waals surface area contributed by atoms with Gasteiger partial charge >= 0.3 is 0 Å². The lowest BCUT2D eigenvalue weighted by Crippen LogP contribution is -2.62. The molecule has 1 aliphatic rings. The second-order valence-electron chi connectivity index (χ2n) is 19.4. The van der Waals surface area contributed by atoms with Crippen LogP contribution in [0, 0.1) is 0 Å². The molecule has 0 amide bonds. The van der Waals surface area contributed by atoms with Gasteiger partial charge in [0.05, 0.1) is 11.0 Å². The van der Waals surface area contributed by atoms with E-state index in [2.05, 4.69) is 264 Å². The van der Waals surface area contributed by atoms with Gasteiger partial charge in [-0.15, -0.1) is 0 Å². The van der Waals surface area contributed by atoms with Crippen LogP contribution >= 0.6 is 0 Å². The lowest BCUT2D eigenvalue weighted by atomic mass is 10.0. The van der Waals surface area contributed by atoms with Crippen molar-refractivity contribution in [2.75, 3.05) is 9.80 Å². The zero-order chi connectivity index (χ0) is 48.2. The van der Waals surface area contributed by atoms with Crippen LogP contribution in [0.3, 0.4) is 0 Å². The number of para-hydroxylation sites is 5. The molecule has 1 aliphatic heterocycles. The van der Waals surface area contributed by atoms with Crippen LogP contribution in [0.1, 0.15) is 0 Å². The number of hydrogen-bond acceptors (Lipinski definition) is 4. The third-order valence-electron chi connectivity index (χ3n) is 15.4. The molecule has 11 aromatic carbocycles. The quantitative estimate of drug-likeness (QED) is 0.142. The van der Waals surface area contributed by atoms with Crippen LogP contribution in [0.15, 0.2) is 264 Å². The van der Waals surface area contributed by atoms with E-state index >= 15 is 0 Å². The summed E-state index contributed by atoms with van der Waals surface area (Å²) in [6.07, 6.45) is 0. The van der Waals surface area contributed by atoms with Crippen molar-refractivity contribution in [3.63, 3.8) is 0 Å². The van der Waals surface area contributed by atoms with Crippen molar-refractivity contribution < 1.29 is 8.83 Å². The standard InChI is InChI=1S/C67H45N3O2Si/c1-73(50-22-9-4-10-23-50)66-39-35-47(68(44-18-5-2-6-19-44)46-33-37-60-56(40-46)51-24-11-14-28-59(51)70(60)45-20-7-3-8-21-45)42-58(66)55-27-17-29-61(67(55)73)69(48-34-38-64-57(41-48)53-26-13-16-31-63(53)71-64)49-32-36-54-52-25-12-15-30-62(52)72-65(54)43-49/h2-43H,1H3. The third-order valence-corrected chi connectivity index (χ3v) is 19.9. The van der Waals surface area contributed by atoms with Crippen LogP contribution < -0.4 is 25.4 Å². The normalized spacial score (nSPS) is 14.2. The predicted molar refractivity (Wildman–Crippen MR) is 307 cm³/mol. The summed E-state index contributed by atoms with van der Waals surface area (Å²) in [5, 5.41) is 10.9. The summed E-state index contributed by atoms with van der Waals surface area (Å²) in [5.74, 6) is 0. The lowest BCUT2D eigenvalue weighted by Gasteiger charge is -2.33. The molecule has 1 unspecified atom stereocenters. The average molecular weight is 952 g/mol. The third kappa shape index (κ3) is 6.27. The van der Waals surface area contributed by atoms with E-state index in [1.54, 1.807) is 0 Å². The predicted octanol–water partition coefficient (Wildman–Crippen LogP) is 16.6. The molecule has 0 fully saturated rings. The van der Waals surface area contributed by atoms with Gasteiger partial charge in [-0.1, -0.05) is 146 Å². The molecule has 14 aromatic rings. The number of rotatable bonds is 8. The van der Waals surface area contributed by atoms with Crippen LogP contribution in [0.25, 0.3) is 82.5 Å². The van der Waals surface area contributed by atoms with Gasteiger partial charge in [-0.05, 0) is 136 Å². The highest BCUT2D eigenvalue weighted by molar-refractivity contribution is 7.14. The fourth-order valence-corrected chi connectivity index (χ4v) is 16.5. The molecule has 3 aromatic heterocycles. The van der Waals surface area contributed by atoms with E-state index in [1.807, 2.05) is 12.1 Å². The van der Waals surface area contributed by atoms with Crippen LogP contribution in [0.4, 0.5) is 34.1 Å². The topological polar surface area (TPSA) is 37.7 Å². The molecule has 344 valence electrons. The van der Waals surface area contributed by atoms with Gasteiger partial charge < -0.3 is 23.2 Å². The minimum absolute atomic E-state index is 0.853. The zero-order valence-electron chi connectivity index (χ0n) is 39.9. The van der Waals surface area contributed by atoms with Crippen molar-refractivity contribution in [1.29, 1.82) is 0 Å². The van der Waals surface area contributed by atoms with Gasteiger partial charge in [-0.2, -0.15) is 0 Å². The molecule has 1 atom stereocenters. The summed E-state index contributed by atoms with van der Waals surface area (Å²) in [4.78, 5) is 4.89. The number of aromatic nitrogens is 1. The summed E-state index contributed by atoms with van der Waals surface area (Å²) >= 11 is 0. The largest absolute Gasteiger partial charge is 0.456 e. The van der Waals surface area contributed by atoms with Crippen LogP contribution in [0.2, 0.25) is 6.55 Å². The van der Waals surface area contributed by atoms with Crippen LogP contribution in [0.5, 0.6) is 0 Å². The van der Waals surface area contributed by atoms with E-state index in [4.69, 9.17) is 8.83 Å². The minimum atomic E-state index is -2.76. The molecule has 0 N–H and O–H groups in total. The molecule has 0 saturated carbocycles. The summed E-state index contributed by atoms with van der Waals surface area (Å²) < 4.78 is 15.4. The maximum absolute atomic E-state index is 6.62. The van der Waals surface area contributed by atoms with E-state index in [1.165, 1.54) is 48.5 Å². The molecule has 0 aliphatic carbocycles. The van der Waals surface area contributed by atoms with Crippen molar-refractivity contribution in [3.05, 3.63) is 255 Å². The van der Waals surface area contributed by atoms with E-state index in [0.29, 0.717) is 0 Å². The van der Waals surface area contributed by atoms with Crippen molar-refractivity contribution in [2.45, 2.75) is 6.55 Å². The Balaban J connectivity index is 0.958. The van der Waals surface area contributed by atoms with Gasteiger partial charge in [0, 0.05) is 78.2 Å². The second-order valence-corrected chi connectivity index (χ2v) is 23.2. The molecule has 6 heteroatoms. The SMILES string of the molecule is C[Si]1(c2ccccc2)c2ccc(N(c3ccccc3)c3ccc4c(c3)c3ccccc3n4-c3ccccc3)cc2-c2cccc(N(c3ccc4c(c3)oc3ccccc34)c3ccc4oc5ccccc5c4c3)c21. The van der Waals surface area contributed by atoms with E-state index < -0.39 is 8.07 Å². The van der Waals surface area contributed by atoms with Crippen molar-refractivity contribution in [3.8, 4) is 16.8 Å². The highest BCUT2D eigenvalue weighted by Crippen LogP contribution is 2.46. The summed E-state index contributed by atoms with van der Waals surface area (Å²) in [7, 11) is -2.76. The lowest BCUT2D eigenvalue weighted by molar-refractivity contribution is 0.668. The Morgan fingerprint density at radius 1 is 0.342 bits per heavy atom. The van der Waals surface area contributed by atoms with E-state index in [0.717, 1.165) is 83.7 Å². The Hall–Kier alpha value is -9.36. The zero-order valence-corrected chi connectivity index (χ0v) is 40.9. The van der Waals surface area contributed by atoms with Gasteiger partial charge in [0.25, 0.3) is 0 Å². The maximum Gasteiger partial charge on any atom is 0.149 e. The average Bonchev–Trinajstić information content (AvgIpc) is 4.19. The number of anilines is 6. The first-order chi connectivity index (χ1) is 36.1. The van der Waals surface area contributed by atoms with E-state index in [-0.39, 0.29) is 0 Å². The monoisotopic (exact) mass is 951 g/mol. The number of furan rings is 2. The fourth-order valence-electron chi connectivity index (χ4n) is 12.1. The number of benzene rings is 11. The van der Waals surface area contributed by atoms with Crippen molar-refractivity contribution in [2.24, 2.45) is 0 Å². The van der Waals surface area contributed by atoms with Gasteiger partial charge in [0.1, 0.15) is 30.4 Å². The van der Waals surface area contributed by atoms with Crippen LogP contribution in [-0.2, 0) is 0 Å². The molecule has 4 heterocycles. The summed E-state index contributed by atoms with van der Waals surface area (Å²) in [6, 6.07) is 92.6. The smallest absolute Gasteiger partial charge is 0.149 e.